The van der Waals surface area contributed by atoms with Crippen LogP contribution in [0.2, 0.25) is 0 Å². The highest BCUT2D eigenvalue weighted by Gasteiger charge is 2.19. The fraction of sp³-hybridized carbons (Fsp3) is 0.636. The summed E-state index contributed by atoms with van der Waals surface area (Å²) in [6.45, 7) is 9.91. The molecule has 0 aromatic heterocycles. The molecule has 0 radical (unpaired) electrons. The summed E-state index contributed by atoms with van der Waals surface area (Å²) < 4.78 is 25.6. The van der Waals surface area contributed by atoms with Gasteiger partial charge in [0, 0.05) is 50.4 Å². The average Bonchev–Trinajstić information content (AvgIpc) is 2.72. The molecule has 0 N–H and O–H groups in total. The minimum absolute atomic E-state index is 0.206. The van der Waals surface area contributed by atoms with Gasteiger partial charge < -0.3 is 23.7 Å². The van der Waals surface area contributed by atoms with Crippen molar-refractivity contribution in [1.29, 1.82) is 0 Å². The zero-order valence-electron chi connectivity index (χ0n) is 19.1. The van der Waals surface area contributed by atoms with Crippen molar-refractivity contribution in [3.63, 3.8) is 0 Å². The third-order valence-corrected chi connectivity index (χ3v) is 3.98. The van der Waals surface area contributed by atoms with Crippen LogP contribution in [-0.4, -0.2) is 86.5 Å². The van der Waals surface area contributed by atoms with E-state index in [1.807, 2.05) is 0 Å². The molecule has 0 amide bonds. The highest BCUT2D eigenvalue weighted by molar-refractivity contribution is 5.92. The first-order valence-electron chi connectivity index (χ1n) is 10.6. The van der Waals surface area contributed by atoms with Crippen LogP contribution in [0.4, 0.5) is 0 Å². The lowest BCUT2D eigenvalue weighted by Gasteiger charge is -2.28. The third-order valence-electron chi connectivity index (χ3n) is 3.98. The molecule has 180 valence electrons. The Morgan fingerprint density at radius 3 is 1.75 bits per heavy atom. The first kappa shape index (κ1) is 27.3. The molecule has 0 aromatic rings. The van der Waals surface area contributed by atoms with Crippen molar-refractivity contribution in [1.82, 2.24) is 4.90 Å². The number of carbonyl (C=O) groups excluding carboxylic acids is 4. The van der Waals surface area contributed by atoms with Crippen LogP contribution in [0.5, 0.6) is 0 Å². The van der Waals surface area contributed by atoms with Crippen molar-refractivity contribution in [2.75, 3.05) is 39.5 Å². The second-order valence-corrected chi connectivity index (χ2v) is 7.57. The summed E-state index contributed by atoms with van der Waals surface area (Å²) in [6, 6.07) is 0. The molecule has 1 atom stereocenters. The van der Waals surface area contributed by atoms with Gasteiger partial charge in [-0.2, -0.15) is 0 Å². The molecule has 1 saturated heterocycles. The van der Waals surface area contributed by atoms with Gasteiger partial charge >= 0.3 is 23.9 Å². The van der Waals surface area contributed by atoms with Gasteiger partial charge in [0.25, 0.3) is 0 Å². The Bertz CT molecular complexity index is 679. The van der Waals surface area contributed by atoms with E-state index in [-0.39, 0.29) is 18.8 Å². The summed E-state index contributed by atoms with van der Waals surface area (Å²) in [7, 11) is 0. The number of morpholine rings is 1. The molecule has 0 bridgehead atoms. The lowest BCUT2D eigenvalue weighted by molar-refractivity contribution is -0.153. The summed E-state index contributed by atoms with van der Waals surface area (Å²) in [5, 5.41) is 0. The Morgan fingerprint density at radius 2 is 1.25 bits per heavy atom. The molecule has 0 spiro atoms. The van der Waals surface area contributed by atoms with Crippen LogP contribution in [0.1, 0.15) is 34.1 Å². The van der Waals surface area contributed by atoms with E-state index in [2.05, 4.69) is 4.90 Å². The number of nitrogens with zero attached hydrogens (tertiary/aromatic N) is 1. The first-order chi connectivity index (χ1) is 15.2. The summed E-state index contributed by atoms with van der Waals surface area (Å²) in [5.74, 6) is -2.85. The van der Waals surface area contributed by atoms with Crippen molar-refractivity contribution >= 4 is 23.9 Å². The van der Waals surface area contributed by atoms with Gasteiger partial charge in [-0.3, -0.25) is 4.90 Å². The van der Waals surface area contributed by atoms with Gasteiger partial charge in [0.2, 0.25) is 0 Å². The van der Waals surface area contributed by atoms with Crippen molar-refractivity contribution in [2.45, 2.75) is 52.4 Å². The molecule has 1 heterocycles. The van der Waals surface area contributed by atoms with E-state index < -0.39 is 30.0 Å². The van der Waals surface area contributed by atoms with Crippen LogP contribution in [0.15, 0.2) is 24.3 Å². The summed E-state index contributed by atoms with van der Waals surface area (Å²) >= 11 is 0. The topological polar surface area (TPSA) is 118 Å². The molecule has 32 heavy (non-hydrogen) atoms. The van der Waals surface area contributed by atoms with Gasteiger partial charge in [-0.25, -0.2) is 19.2 Å². The minimum Gasteiger partial charge on any atom is -0.460 e. The van der Waals surface area contributed by atoms with Gasteiger partial charge in [-0.1, -0.05) is 0 Å². The molecule has 0 aromatic carbocycles. The van der Waals surface area contributed by atoms with Gasteiger partial charge in [-0.05, 0) is 27.7 Å². The number of hydrogen-bond acceptors (Lipinski definition) is 10. The summed E-state index contributed by atoms with van der Waals surface area (Å²) in [6.07, 6.45) is 2.92. The van der Waals surface area contributed by atoms with E-state index in [9.17, 15) is 19.2 Å². The standard InChI is InChI=1S/C22H33NO9/c1-16(2)30-20(25)6-5-19(24)29-15-18(9-10-23-11-13-28-14-12-23)32-22(27)8-7-21(26)31-17(3)4/h5-8,16-18H,9-15H2,1-4H3/b6-5+,8-7+. The fourth-order valence-corrected chi connectivity index (χ4v) is 2.57. The molecular weight excluding hydrogens is 422 g/mol. The Balaban J connectivity index is 2.60. The zero-order valence-corrected chi connectivity index (χ0v) is 19.1. The predicted molar refractivity (Wildman–Crippen MR) is 113 cm³/mol. The van der Waals surface area contributed by atoms with E-state index in [4.69, 9.17) is 23.7 Å². The molecule has 0 aliphatic carbocycles. The number of hydrogen-bond donors (Lipinski definition) is 0. The zero-order chi connectivity index (χ0) is 23.9. The second kappa shape index (κ2) is 15.1. The molecule has 10 heteroatoms. The lowest BCUT2D eigenvalue weighted by atomic mass is 10.2. The molecule has 1 unspecified atom stereocenters. The lowest BCUT2D eigenvalue weighted by Crippen LogP contribution is -2.39. The molecule has 1 fully saturated rings. The molecule has 10 nitrogen and oxygen atoms in total. The fourth-order valence-electron chi connectivity index (χ4n) is 2.57. The molecule has 1 aliphatic heterocycles. The summed E-state index contributed by atoms with van der Waals surface area (Å²) in [4.78, 5) is 49.1. The van der Waals surface area contributed by atoms with Crippen LogP contribution < -0.4 is 0 Å². The number of carbonyl (C=O) groups is 4. The molecule has 0 saturated carbocycles. The largest absolute Gasteiger partial charge is 0.460 e. The van der Waals surface area contributed by atoms with Crippen molar-refractivity contribution in [2.24, 2.45) is 0 Å². The van der Waals surface area contributed by atoms with Crippen LogP contribution in [-0.2, 0) is 42.9 Å². The van der Waals surface area contributed by atoms with Gasteiger partial charge in [0.15, 0.2) is 0 Å². The van der Waals surface area contributed by atoms with Crippen molar-refractivity contribution in [3.05, 3.63) is 24.3 Å². The van der Waals surface area contributed by atoms with Crippen LogP contribution in [0.3, 0.4) is 0 Å². The Kier molecular flexibility index (Phi) is 12.9. The smallest absolute Gasteiger partial charge is 0.331 e. The van der Waals surface area contributed by atoms with Crippen LogP contribution >= 0.6 is 0 Å². The number of ether oxygens (including phenoxy) is 5. The highest BCUT2D eigenvalue weighted by Crippen LogP contribution is 2.06. The quantitative estimate of drug-likeness (QED) is 0.241. The van der Waals surface area contributed by atoms with E-state index >= 15 is 0 Å². The minimum atomic E-state index is -0.769. The molecule has 1 rings (SSSR count). The van der Waals surface area contributed by atoms with E-state index in [0.717, 1.165) is 37.4 Å². The molecule has 1 aliphatic rings. The van der Waals surface area contributed by atoms with E-state index in [1.165, 1.54) is 0 Å². The highest BCUT2D eigenvalue weighted by atomic mass is 16.6. The van der Waals surface area contributed by atoms with E-state index in [1.54, 1.807) is 27.7 Å². The SMILES string of the molecule is CC(C)OC(=O)/C=C/C(=O)OCC(CCN1CCOCC1)OC(=O)/C=C/C(=O)OC(C)C. The number of esters is 4. The van der Waals surface area contributed by atoms with Gasteiger partial charge in [0.05, 0.1) is 25.4 Å². The summed E-state index contributed by atoms with van der Waals surface area (Å²) in [5.41, 5.74) is 0. The van der Waals surface area contributed by atoms with Crippen LogP contribution in [0.25, 0.3) is 0 Å². The average molecular weight is 456 g/mol. The third kappa shape index (κ3) is 13.6. The maximum Gasteiger partial charge on any atom is 0.331 e. The monoisotopic (exact) mass is 455 g/mol. The van der Waals surface area contributed by atoms with Crippen molar-refractivity contribution < 1.29 is 42.9 Å². The maximum absolute atomic E-state index is 12.1. The first-order valence-corrected chi connectivity index (χ1v) is 10.6. The van der Waals surface area contributed by atoms with Gasteiger partial charge in [0.1, 0.15) is 12.7 Å². The maximum atomic E-state index is 12.1. The normalized spacial score (nSPS) is 15.8. The van der Waals surface area contributed by atoms with E-state index in [0.29, 0.717) is 26.2 Å². The van der Waals surface area contributed by atoms with Gasteiger partial charge in [-0.15, -0.1) is 0 Å². The number of rotatable bonds is 12. The Morgan fingerprint density at radius 1 is 0.781 bits per heavy atom. The predicted octanol–water partition coefficient (Wildman–Crippen LogP) is 1.18. The van der Waals surface area contributed by atoms with Crippen LogP contribution in [0, 0.1) is 0 Å². The Labute approximate surface area is 188 Å². The Hall–Kier alpha value is -2.72. The van der Waals surface area contributed by atoms with Crippen molar-refractivity contribution in [3.8, 4) is 0 Å². The molecular formula is C22H33NO9. The second-order valence-electron chi connectivity index (χ2n) is 7.57.